The number of carbonyl (C=O) groups is 2. The number of pyridine rings is 1. The van der Waals surface area contributed by atoms with Crippen LogP contribution in [0.4, 0.5) is 10.3 Å². The van der Waals surface area contributed by atoms with E-state index >= 15 is 0 Å². The van der Waals surface area contributed by atoms with Crippen molar-refractivity contribution in [3.05, 3.63) is 66.2 Å². The maximum atomic E-state index is 13.8. The Kier molecular flexibility index (Phi) is 6.39. The van der Waals surface area contributed by atoms with E-state index in [1.165, 1.54) is 18.2 Å². The first-order chi connectivity index (χ1) is 17.8. The number of rotatable bonds is 5. The number of likely N-dealkylation sites (tertiary alicyclic amines) is 1. The largest absolute Gasteiger partial charge is 0.505 e. The van der Waals surface area contributed by atoms with E-state index in [-0.39, 0.29) is 11.9 Å². The second-order valence-corrected chi connectivity index (χ2v) is 8.98. The lowest BCUT2D eigenvalue weighted by molar-refractivity contribution is -0.129. The van der Waals surface area contributed by atoms with Gasteiger partial charge < -0.3 is 21.1 Å². The molecular weight excluding hydrogens is 475 g/mol. The number of hydrogen-bond acceptors (Lipinski definition) is 7. The first kappa shape index (κ1) is 24.1. The molecule has 1 saturated heterocycles. The number of primary amides is 1. The second kappa shape index (κ2) is 9.81. The van der Waals surface area contributed by atoms with Crippen molar-refractivity contribution in [1.82, 2.24) is 19.9 Å². The lowest BCUT2D eigenvalue weighted by Crippen LogP contribution is -2.41. The molecule has 0 spiro atoms. The summed E-state index contributed by atoms with van der Waals surface area (Å²) in [7, 11) is 0. The van der Waals surface area contributed by atoms with Crippen molar-refractivity contribution >= 4 is 28.7 Å². The molecule has 2 aromatic carbocycles. The summed E-state index contributed by atoms with van der Waals surface area (Å²) in [6, 6.07) is 11.0. The van der Waals surface area contributed by atoms with E-state index in [0.29, 0.717) is 57.9 Å². The highest BCUT2D eigenvalue weighted by molar-refractivity contribution is 6.06. The maximum absolute atomic E-state index is 13.8. The number of amides is 2. The van der Waals surface area contributed by atoms with Gasteiger partial charge in [0.25, 0.3) is 0 Å². The summed E-state index contributed by atoms with van der Waals surface area (Å²) in [4.78, 5) is 39.4. The van der Waals surface area contributed by atoms with E-state index in [0.717, 1.165) is 12.8 Å². The molecule has 1 aliphatic rings. The van der Waals surface area contributed by atoms with Crippen LogP contribution in [-0.4, -0.2) is 55.9 Å². The van der Waals surface area contributed by atoms with Crippen LogP contribution in [0.1, 0.15) is 30.1 Å². The monoisotopic (exact) mass is 500 g/mol. The molecule has 37 heavy (non-hydrogen) atoms. The SMILES string of the molecule is CC(=O)N1CCC(Nc2ncc3c(-c4ccccc4C(N)=O)ncc(-c4ccc(F)c(O)c4)c3n2)CC1. The van der Waals surface area contributed by atoms with Crippen molar-refractivity contribution in [2.75, 3.05) is 18.4 Å². The topological polar surface area (TPSA) is 134 Å². The average Bonchev–Trinajstić information content (AvgIpc) is 2.90. The number of aromatic hydroxyl groups is 1. The van der Waals surface area contributed by atoms with Gasteiger partial charge in [-0.3, -0.25) is 14.6 Å². The summed E-state index contributed by atoms with van der Waals surface area (Å²) in [5.41, 5.74) is 8.51. The van der Waals surface area contributed by atoms with Crippen molar-refractivity contribution in [3.63, 3.8) is 0 Å². The molecular formula is C27H25FN6O3. The highest BCUT2D eigenvalue weighted by Gasteiger charge is 2.22. The average molecular weight is 501 g/mol. The Morgan fingerprint density at radius 1 is 1.08 bits per heavy atom. The molecule has 10 heteroatoms. The molecule has 1 aliphatic heterocycles. The normalized spacial score (nSPS) is 14.1. The van der Waals surface area contributed by atoms with E-state index in [9.17, 15) is 19.1 Å². The number of aromatic nitrogens is 3. The fourth-order valence-corrected chi connectivity index (χ4v) is 4.62. The number of phenolic OH excluding ortho intramolecular Hbond substituents is 1. The number of hydrogen-bond donors (Lipinski definition) is 3. The number of anilines is 1. The number of fused-ring (bicyclic) bond motifs is 1. The van der Waals surface area contributed by atoms with E-state index in [1.807, 2.05) is 4.90 Å². The van der Waals surface area contributed by atoms with Crippen LogP contribution in [0.25, 0.3) is 33.3 Å². The minimum atomic E-state index is -0.734. The van der Waals surface area contributed by atoms with Gasteiger partial charge in [0.2, 0.25) is 17.8 Å². The molecule has 0 aliphatic carbocycles. The lowest BCUT2D eigenvalue weighted by atomic mass is 9.98. The minimum absolute atomic E-state index is 0.0591. The molecule has 188 valence electrons. The minimum Gasteiger partial charge on any atom is -0.505 e. The number of benzene rings is 2. The summed E-state index contributed by atoms with van der Waals surface area (Å²) >= 11 is 0. The van der Waals surface area contributed by atoms with Crippen LogP contribution in [0.3, 0.4) is 0 Å². The quantitative estimate of drug-likeness (QED) is 0.380. The molecule has 0 saturated carbocycles. The first-order valence-electron chi connectivity index (χ1n) is 11.9. The van der Waals surface area contributed by atoms with Crippen molar-refractivity contribution in [1.29, 1.82) is 0 Å². The number of carbonyl (C=O) groups excluding carboxylic acids is 2. The fourth-order valence-electron chi connectivity index (χ4n) is 4.62. The van der Waals surface area contributed by atoms with Crippen molar-refractivity contribution in [2.24, 2.45) is 5.73 Å². The Labute approximate surface area is 212 Å². The van der Waals surface area contributed by atoms with Gasteiger partial charge in [-0.2, -0.15) is 0 Å². The van der Waals surface area contributed by atoms with Crippen molar-refractivity contribution < 1.29 is 19.1 Å². The van der Waals surface area contributed by atoms with Gasteiger partial charge in [-0.05, 0) is 36.6 Å². The summed E-state index contributed by atoms with van der Waals surface area (Å²) in [6.45, 7) is 2.87. The molecule has 0 atom stereocenters. The molecule has 4 N–H and O–H groups in total. The molecule has 3 heterocycles. The van der Waals surface area contributed by atoms with Gasteiger partial charge in [0, 0.05) is 60.5 Å². The van der Waals surface area contributed by atoms with Gasteiger partial charge in [0.05, 0.1) is 11.2 Å². The zero-order chi connectivity index (χ0) is 26.1. The van der Waals surface area contributed by atoms with Crippen LogP contribution >= 0.6 is 0 Å². The highest BCUT2D eigenvalue weighted by atomic mass is 19.1. The standard InChI is InChI=1S/C27H25FN6O3/c1-15(35)34-10-8-17(9-11-34)32-27-31-14-21-24(18-4-2-3-5-19(18)26(29)37)30-13-20(25(21)33-27)16-6-7-22(28)23(36)12-16/h2-7,12-14,17,36H,8-11H2,1H3,(H2,29,37)(H,31,32,33). The van der Waals surface area contributed by atoms with Crippen molar-refractivity contribution in [2.45, 2.75) is 25.8 Å². The maximum Gasteiger partial charge on any atom is 0.249 e. The number of piperidine rings is 1. The van der Waals surface area contributed by atoms with Crippen molar-refractivity contribution in [3.8, 4) is 28.1 Å². The number of halogens is 1. The van der Waals surface area contributed by atoms with E-state index in [2.05, 4.69) is 15.3 Å². The molecule has 2 amide bonds. The number of nitrogens with zero attached hydrogens (tertiary/aromatic N) is 4. The van der Waals surface area contributed by atoms with Gasteiger partial charge in [-0.1, -0.05) is 24.3 Å². The molecule has 2 aromatic heterocycles. The summed E-state index contributed by atoms with van der Waals surface area (Å²) < 4.78 is 13.8. The predicted octanol–water partition coefficient (Wildman–Crippen LogP) is 3.73. The van der Waals surface area contributed by atoms with E-state index in [1.54, 1.807) is 43.6 Å². The summed E-state index contributed by atoms with van der Waals surface area (Å²) in [6.07, 6.45) is 4.72. The summed E-state index contributed by atoms with van der Waals surface area (Å²) in [5, 5.41) is 13.9. The Morgan fingerprint density at radius 3 is 2.54 bits per heavy atom. The fraction of sp³-hybridized carbons (Fsp3) is 0.222. The summed E-state index contributed by atoms with van der Waals surface area (Å²) in [5.74, 6) is -1.36. The second-order valence-electron chi connectivity index (χ2n) is 8.98. The van der Waals surface area contributed by atoms with E-state index < -0.39 is 17.5 Å². The van der Waals surface area contributed by atoms with Crippen LogP contribution in [0.15, 0.2) is 54.9 Å². The zero-order valence-electron chi connectivity index (χ0n) is 20.1. The van der Waals surface area contributed by atoms with Gasteiger partial charge in [0.1, 0.15) is 0 Å². The molecule has 0 unspecified atom stereocenters. The number of phenols is 1. The smallest absolute Gasteiger partial charge is 0.249 e. The molecule has 4 aromatic rings. The third kappa shape index (κ3) is 4.77. The zero-order valence-corrected chi connectivity index (χ0v) is 20.1. The van der Waals surface area contributed by atoms with Gasteiger partial charge in [0.15, 0.2) is 11.6 Å². The number of nitrogens with one attached hydrogen (secondary N) is 1. The molecule has 1 fully saturated rings. The lowest BCUT2D eigenvalue weighted by Gasteiger charge is -2.31. The van der Waals surface area contributed by atoms with Crippen LogP contribution in [0, 0.1) is 5.82 Å². The molecule has 5 rings (SSSR count). The van der Waals surface area contributed by atoms with Crippen LogP contribution in [0.2, 0.25) is 0 Å². The Morgan fingerprint density at radius 2 is 1.84 bits per heavy atom. The molecule has 9 nitrogen and oxygen atoms in total. The Balaban J connectivity index is 1.61. The third-order valence-electron chi connectivity index (χ3n) is 6.60. The van der Waals surface area contributed by atoms with Crippen LogP contribution < -0.4 is 11.1 Å². The van der Waals surface area contributed by atoms with E-state index in [4.69, 9.17) is 10.7 Å². The molecule has 0 bridgehead atoms. The van der Waals surface area contributed by atoms with Gasteiger partial charge in [-0.15, -0.1) is 0 Å². The molecule has 0 radical (unpaired) electrons. The van der Waals surface area contributed by atoms with Crippen LogP contribution in [0.5, 0.6) is 5.75 Å². The predicted molar refractivity (Wildman–Crippen MR) is 137 cm³/mol. The van der Waals surface area contributed by atoms with Gasteiger partial charge in [-0.25, -0.2) is 14.4 Å². The van der Waals surface area contributed by atoms with Crippen LogP contribution in [-0.2, 0) is 4.79 Å². The third-order valence-corrected chi connectivity index (χ3v) is 6.60. The highest BCUT2D eigenvalue weighted by Crippen LogP contribution is 2.35. The Hall–Kier alpha value is -4.60. The Bertz CT molecular complexity index is 1520. The first-order valence-corrected chi connectivity index (χ1v) is 11.9. The van der Waals surface area contributed by atoms with Gasteiger partial charge >= 0.3 is 0 Å². The number of nitrogens with two attached hydrogens (primary N) is 1.